The maximum Gasteiger partial charge on any atom is 0.327 e. The Hall–Kier alpha value is -1.18. The molecule has 8 nitrogen and oxygen atoms in total. The Kier molecular flexibility index (Phi) is 22.1. The highest BCUT2D eigenvalue weighted by molar-refractivity contribution is 7.39. The number of unbranched alkanes of at least 4 members (excludes halogenated alkanes) is 12. The predicted molar refractivity (Wildman–Crippen MR) is 221 cm³/mol. The monoisotopic (exact) mass is 780 g/mol. The third-order valence-corrected chi connectivity index (χ3v) is 11.0. The normalized spacial score (nSPS) is 13.3. The molecule has 0 aliphatic rings. The van der Waals surface area contributed by atoms with Crippen LogP contribution in [0.15, 0.2) is 36.4 Å². The van der Waals surface area contributed by atoms with Gasteiger partial charge in [-0.15, -0.1) is 0 Å². The van der Waals surface area contributed by atoms with Crippen molar-refractivity contribution in [1.29, 1.82) is 0 Å². The van der Waals surface area contributed by atoms with Crippen molar-refractivity contribution >= 4 is 17.2 Å². The summed E-state index contributed by atoms with van der Waals surface area (Å²) in [6.45, 7) is 16.1. The van der Waals surface area contributed by atoms with Crippen molar-refractivity contribution in [1.82, 2.24) is 0 Å². The lowest BCUT2D eigenvalue weighted by molar-refractivity contribution is -0.0663. The summed E-state index contributed by atoms with van der Waals surface area (Å²) in [5.74, 6) is 0.640. The van der Waals surface area contributed by atoms with E-state index in [0.29, 0.717) is 5.75 Å². The van der Waals surface area contributed by atoms with Crippen LogP contribution in [0.4, 0.5) is 0 Å². The van der Waals surface area contributed by atoms with E-state index in [0.717, 1.165) is 42.4 Å². The van der Waals surface area contributed by atoms with Crippen molar-refractivity contribution < 1.29 is 38.5 Å². The molecule has 0 fully saturated rings. The highest BCUT2D eigenvalue weighted by Crippen LogP contribution is 2.47. The molecular formula is C43H74O8P2. The van der Waals surface area contributed by atoms with E-state index in [2.05, 4.69) is 85.7 Å². The Morgan fingerprint density at radius 3 is 1.40 bits per heavy atom. The molecule has 1 atom stereocenters. The molecule has 0 amide bonds. The van der Waals surface area contributed by atoms with E-state index in [9.17, 15) is 24.7 Å². The minimum atomic E-state index is -2.78. The summed E-state index contributed by atoms with van der Waals surface area (Å²) >= 11 is 0. The average Bonchev–Trinajstić information content (AvgIpc) is 3.09. The van der Waals surface area contributed by atoms with Gasteiger partial charge in [0.1, 0.15) is 11.9 Å². The molecule has 10 heteroatoms. The van der Waals surface area contributed by atoms with Crippen LogP contribution in [-0.4, -0.2) is 44.5 Å². The van der Waals surface area contributed by atoms with Gasteiger partial charge in [0, 0.05) is 0 Å². The second-order valence-electron chi connectivity index (χ2n) is 17.1. The van der Waals surface area contributed by atoms with E-state index in [1.807, 2.05) is 6.07 Å². The van der Waals surface area contributed by atoms with Gasteiger partial charge in [0.05, 0.1) is 25.2 Å². The summed E-state index contributed by atoms with van der Waals surface area (Å²) in [7, 11) is -5.56. The van der Waals surface area contributed by atoms with Crippen LogP contribution >= 0.6 is 17.2 Å². The molecule has 0 heterocycles. The quantitative estimate of drug-likeness (QED) is 0.0448. The van der Waals surface area contributed by atoms with Crippen molar-refractivity contribution in [2.45, 2.75) is 175 Å². The highest BCUT2D eigenvalue weighted by atomic mass is 31.2. The van der Waals surface area contributed by atoms with Crippen LogP contribution < -0.4 is 4.74 Å². The zero-order valence-corrected chi connectivity index (χ0v) is 36.1. The Labute approximate surface area is 325 Å². The van der Waals surface area contributed by atoms with Gasteiger partial charge in [0.25, 0.3) is 0 Å². The Balaban J connectivity index is 2.62. The third kappa shape index (κ3) is 17.2. The Bertz CT molecular complexity index is 1280. The first-order valence-corrected chi connectivity index (χ1v) is 22.6. The highest BCUT2D eigenvalue weighted by Gasteiger charge is 2.46. The molecule has 2 aromatic carbocycles. The van der Waals surface area contributed by atoms with Gasteiger partial charge in [-0.3, -0.25) is 0 Å². The minimum Gasteiger partial charge on any atom is -0.485 e. The molecule has 1 unspecified atom stereocenters. The van der Waals surface area contributed by atoms with Crippen molar-refractivity contribution in [3.8, 4) is 5.75 Å². The fraction of sp³-hybridized carbons (Fsp3) is 0.721. The van der Waals surface area contributed by atoms with E-state index >= 15 is 0 Å². The number of aliphatic hydroxyl groups is 1. The van der Waals surface area contributed by atoms with Gasteiger partial charge >= 0.3 is 17.2 Å². The molecule has 53 heavy (non-hydrogen) atoms. The molecule has 2 rings (SSSR count). The van der Waals surface area contributed by atoms with Gasteiger partial charge in [-0.1, -0.05) is 163 Å². The first-order valence-electron chi connectivity index (χ1n) is 20.2. The van der Waals surface area contributed by atoms with Crippen LogP contribution in [0.2, 0.25) is 0 Å². The minimum absolute atomic E-state index is 0.285. The predicted octanol–water partition coefficient (Wildman–Crippen LogP) is 11.4. The van der Waals surface area contributed by atoms with Crippen molar-refractivity contribution in [2.24, 2.45) is 5.41 Å². The molecular weight excluding hydrogens is 706 g/mol. The smallest absolute Gasteiger partial charge is 0.327 e. The van der Waals surface area contributed by atoms with Gasteiger partial charge in [-0.2, -0.15) is 0 Å². The second kappa shape index (κ2) is 24.5. The summed E-state index contributed by atoms with van der Waals surface area (Å²) in [4.78, 5) is 39.5. The van der Waals surface area contributed by atoms with E-state index in [1.54, 1.807) is 0 Å². The number of hydrogen-bond donors (Lipinski definition) is 5. The van der Waals surface area contributed by atoms with Crippen LogP contribution in [0, 0.1) is 5.41 Å². The Morgan fingerprint density at radius 2 is 0.981 bits per heavy atom. The molecule has 2 aromatic rings. The summed E-state index contributed by atoms with van der Waals surface area (Å²) in [6.07, 6.45) is 18.4. The number of hydrogen-bond acceptors (Lipinski definition) is 8. The molecule has 0 saturated carbocycles. The number of benzene rings is 2. The van der Waals surface area contributed by atoms with E-state index in [1.165, 1.54) is 88.2 Å². The van der Waals surface area contributed by atoms with E-state index in [-0.39, 0.29) is 24.0 Å². The Morgan fingerprint density at radius 1 is 0.566 bits per heavy atom. The number of ether oxygens (including phenoxy) is 1. The molecule has 0 saturated heterocycles. The number of aliphatic hydroxyl groups excluding tert-OH is 1. The molecule has 5 N–H and O–H groups in total. The van der Waals surface area contributed by atoms with Crippen LogP contribution in [0.1, 0.15) is 179 Å². The third-order valence-electron chi connectivity index (χ3n) is 10.2. The maximum atomic E-state index is 11.2. The van der Waals surface area contributed by atoms with Crippen LogP contribution in [0.25, 0.3) is 0 Å². The SMILES string of the molecule is CCCCCCCCCc1ccc(OC(c2ccc(CCCCCCCCC)cc2C(C)(C)C)C(CO)(COP(O)O)COP(O)O)c(C(C)(C)C)c1. The fourth-order valence-electron chi connectivity index (χ4n) is 7.02. The number of aryl methyl sites for hydroxylation is 2. The second-order valence-corrected chi connectivity index (χ2v) is 18.6. The van der Waals surface area contributed by atoms with Crippen molar-refractivity contribution in [2.75, 3.05) is 19.8 Å². The van der Waals surface area contributed by atoms with Gasteiger partial charge in [-0.05, 0) is 70.4 Å². The lowest BCUT2D eigenvalue weighted by Crippen LogP contribution is -2.44. The van der Waals surface area contributed by atoms with Crippen molar-refractivity contribution in [3.63, 3.8) is 0 Å². The van der Waals surface area contributed by atoms with Crippen LogP contribution in [0.5, 0.6) is 5.75 Å². The standard InChI is InChI=1S/C43H74O8P2/c1-9-11-13-15-17-19-21-23-34-25-27-36(37(29-34)41(3,4)5)40(43(31-44,32-49-52(45)46)33-50-53(47)48)51-39-28-26-35(30-38(39)42(6,7)8)24-22-20-18-16-14-12-10-2/h25-30,40,44-48H,9-24,31-33H2,1-8H3. The van der Waals surface area contributed by atoms with Gasteiger partial charge in [-0.25, -0.2) is 0 Å². The van der Waals surface area contributed by atoms with Gasteiger partial charge in [0.2, 0.25) is 0 Å². The molecule has 0 aromatic heterocycles. The first kappa shape index (κ1) is 48.0. The molecule has 0 bridgehead atoms. The van der Waals surface area contributed by atoms with E-state index in [4.69, 9.17) is 13.8 Å². The molecule has 0 radical (unpaired) electrons. The maximum absolute atomic E-state index is 11.2. The average molecular weight is 781 g/mol. The van der Waals surface area contributed by atoms with Crippen LogP contribution in [-0.2, 0) is 32.7 Å². The zero-order valence-electron chi connectivity index (χ0n) is 34.3. The summed E-state index contributed by atoms with van der Waals surface area (Å²) in [5.41, 5.74) is 3.26. The number of rotatable bonds is 27. The van der Waals surface area contributed by atoms with Crippen LogP contribution in [0.3, 0.4) is 0 Å². The first-order chi connectivity index (χ1) is 25.1. The fourth-order valence-corrected chi connectivity index (χ4v) is 7.76. The summed E-state index contributed by atoms with van der Waals surface area (Å²) in [6, 6.07) is 12.8. The molecule has 0 aliphatic heterocycles. The largest absolute Gasteiger partial charge is 0.485 e. The lowest BCUT2D eigenvalue weighted by atomic mass is 9.74. The lowest BCUT2D eigenvalue weighted by Gasteiger charge is -2.41. The molecule has 304 valence electrons. The molecule has 0 spiro atoms. The van der Waals surface area contributed by atoms with Gasteiger partial charge in [0.15, 0.2) is 0 Å². The van der Waals surface area contributed by atoms with Gasteiger partial charge < -0.3 is 38.5 Å². The molecule has 0 aliphatic carbocycles. The summed E-state index contributed by atoms with van der Waals surface area (Å²) in [5, 5.41) is 11.2. The van der Waals surface area contributed by atoms with E-state index < -0.39 is 35.3 Å². The zero-order chi connectivity index (χ0) is 39.5. The summed E-state index contributed by atoms with van der Waals surface area (Å²) < 4.78 is 17.9. The van der Waals surface area contributed by atoms with Crippen molar-refractivity contribution in [3.05, 3.63) is 64.2 Å². The topological polar surface area (TPSA) is 129 Å².